The summed E-state index contributed by atoms with van der Waals surface area (Å²) < 4.78 is 8.64. The van der Waals surface area contributed by atoms with Crippen molar-refractivity contribution in [2.24, 2.45) is 0 Å². The molecule has 0 spiro atoms. The van der Waals surface area contributed by atoms with Gasteiger partial charge in [0.25, 0.3) is 5.56 Å². The molecule has 0 atom stereocenters. The molecule has 0 saturated heterocycles. The number of unbranched alkanes of at least 4 members (excludes halogenated alkanes) is 1. The van der Waals surface area contributed by atoms with Gasteiger partial charge in [-0.3, -0.25) is 14.3 Å². The number of aromatic amines is 1. The van der Waals surface area contributed by atoms with Gasteiger partial charge in [-0.2, -0.15) is 0 Å². The van der Waals surface area contributed by atoms with Crippen LogP contribution in [-0.2, 0) is 29.8 Å². The first-order valence-electron chi connectivity index (χ1n) is 10.7. The van der Waals surface area contributed by atoms with Gasteiger partial charge in [-0.05, 0) is 36.5 Å². The molecular weight excluding hydrogens is 396 g/mol. The zero-order chi connectivity index (χ0) is 22.8. The van der Waals surface area contributed by atoms with Crippen LogP contribution in [0.4, 0.5) is 0 Å². The molecule has 0 bridgehead atoms. The first kappa shape index (κ1) is 22.5. The number of H-pyrrole nitrogens is 1. The van der Waals surface area contributed by atoms with Crippen LogP contribution in [0.25, 0.3) is 11.2 Å². The smallest absolute Gasteiger partial charge is 0.338 e. The fraction of sp³-hybridized carbons (Fsp3) is 0.478. The maximum Gasteiger partial charge on any atom is 0.338 e. The van der Waals surface area contributed by atoms with Crippen LogP contribution in [0.5, 0.6) is 0 Å². The number of nitrogens with one attached hydrogen (secondary N) is 1. The van der Waals surface area contributed by atoms with Crippen molar-refractivity contribution in [2.45, 2.75) is 72.6 Å². The number of ether oxygens (including phenoxy) is 1. The lowest BCUT2D eigenvalue weighted by Crippen LogP contribution is -2.31. The van der Waals surface area contributed by atoms with Crippen molar-refractivity contribution in [1.82, 2.24) is 19.1 Å². The summed E-state index contributed by atoms with van der Waals surface area (Å²) in [7, 11) is 0. The zero-order valence-corrected chi connectivity index (χ0v) is 18.8. The third kappa shape index (κ3) is 4.62. The van der Waals surface area contributed by atoms with E-state index in [4.69, 9.17) is 4.74 Å². The Hall–Kier alpha value is -3.16. The van der Waals surface area contributed by atoms with E-state index in [1.165, 1.54) is 4.57 Å². The molecule has 2 aromatic heterocycles. The van der Waals surface area contributed by atoms with Gasteiger partial charge in [0.1, 0.15) is 12.4 Å². The summed E-state index contributed by atoms with van der Waals surface area (Å²) in [6.45, 7) is 11.0. The summed E-state index contributed by atoms with van der Waals surface area (Å²) in [6.07, 6.45) is 1.69. The van der Waals surface area contributed by atoms with Crippen LogP contribution >= 0.6 is 0 Å². The number of hydrogen-bond acceptors (Lipinski definition) is 5. The molecule has 1 aromatic carbocycles. The van der Waals surface area contributed by atoms with Crippen LogP contribution in [0, 0.1) is 0 Å². The Morgan fingerprint density at radius 2 is 1.77 bits per heavy atom. The lowest BCUT2D eigenvalue weighted by atomic mass is 9.87. The van der Waals surface area contributed by atoms with Gasteiger partial charge in [-0.1, -0.05) is 46.2 Å². The molecule has 0 aliphatic heterocycles. The van der Waals surface area contributed by atoms with Gasteiger partial charge in [-0.15, -0.1) is 0 Å². The fourth-order valence-electron chi connectivity index (χ4n) is 3.51. The highest BCUT2D eigenvalue weighted by molar-refractivity contribution is 5.89. The third-order valence-electron chi connectivity index (χ3n) is 5.34. The Bertz CT molecular complexity index is 1190. The zero-order valence-electron chi connectivity index (χ0n) is 18.8. The number of benzene rings is 1. The number of aryl methyl sites for hydroxylation is 2. The standard InChI is InChI=1S/C23H30N4O4/c1-6-8-13-27-19-18(20(28)25-22(27)30)26(7-2)17(24-19)14-31-21(29)15-9-11-16(12-10-15)23(3,4)5/h9-12H,6-8,13-14H2,1-5H3,(H,25,28,30). The number of esters is 1. The molecule has 0 saturated carbocycles. The minimum atomic E-state index is -0.488. The molecule has 3 rings (SSSR count). The van der Waals surface area contributed by atoms with E-state index in [9.17, 15) is 14.4 Å². The van der Waals surface area contributed by atoms with Gasteiger partial charge in [0, 0.05) is 13.1 Å². The van der Waals surface area contributed by atoms with E-state index in [1.807, 2.05) is 26.0 Å². The van der Waals surface area contributed by atoms with E-state index >= 15 is 0 Å². The second-order valence-corrected chi connectivity index (χ2v) is 8.61. The Morgan fingerprint density at radius 1 is 1.10 bits per heavy atom. The Labute approximate surface area is 180 Å². The minimum absolute atomic E-state index is 0.00492. The first-order valence-corrected chi connectivity index (χ1v) is 10.7. The maximum atomic E-state index is 12.5. The number of carbonyl (C=O) groups is 1. The number of imidazole rings is 1. The van der Waals surface area contributed by atoms with Gasteiger partial charge in [0.05, 0.1) is 5.56 Å². The summed E-state index contributed by atoms with van der Waals surface area (Å²) in [4.78, 5) is 44.2. The van der Waals surface area contributed by atoms with E-state index in [-0.39, 0.29) is 12.0 Å². The Balaban J connectivity index is 1.89. The SMILES string of the molecule is CCCCn1c(=O)[nH]c(=O)c2c1nc(COC(=O)c1ccc(C(C)(C)C)cc1)n2CC. The predicted octanol–water partition coefficient (Wildman–Crippen LogP) is 3.36. The van der Waals surface area contributed by atoms with E-state index in [1.54, 1.807) is 16.7 Å². The van der Waals surface area contributed by atoms with Crippen LogP contribution < -0.4 is 11.2 Å². The Kier molecular flexibility index (Phi) is 6.48. The van der Waals surface area contributed by atoms with Gasteiger partial charge in [0.15, 0.2) is 11.2 Å². The number of aromatic nitrogens is 4. The van der Waals surface area contributed by atoms with Crippen molar-refractivity contribution in [1.29, 1.82) is 0 Å². The molecule has 166 valence electrons. The fourth-order valence-corrected chi connectivity index (χ4v) is 3.51. The second kappa shape index (κ2) is 8.91. The molecule has 0 radical (unpaired) electrons. The average Bonchev–Trinajstić information content (AvgIpc) is 3.10. The molecule has 1 N–H and O–H groups in total. The number of fused-ring (bicyclic) bond motifs is 1. The van der Waals surface area contributed by atoms with Gasteiger partial charge in [0.2, 0.25) is 0 Å². The van der Waals surface area contributed by atoms with Gasteiger partial charge < -0.3 is 9.30 Å². The highest BCUT2D eigenvalue weighted by Crippen LogP contribution is 2.22. The second-order valence-electron chi connectivity index (χ2n) is 8.61. The van der Waals surface area contributed by atoms with Crippen molar-refractivity contribution in [3.8, 4) is 0 Å². The quantitative estimate of drug-likeness (QED) is 0.584. The summed E-state index contributed by atoms with van der Waals surface area (Å²) >= 11 is 0. The van der Waals surface area contributed by atoms with Crippen molar-refractivity contribution >= 4 is 17.1 Å². The monoisotopic (exact) mass is 426 g/mol. The van der Waals surface area contributed by atoms with Crippen molar-refractivity contribution in [2.75, 3.05) is 0 Å². The van der Waals surface area contributed by atoms with Crippen LogP contribution in [0.3, 0.4) is 0 Å². The van der Waals surface area contributed by atoms with Gasteiger partial charge in [-0.25, -0.2) is 14.6 Å². The molecular formula is C23H30N4O4. The number of carbonyl (C=O) groups excluding carboxylic acids is 1. The molecule has 0 amide bonds. The van der Waals surface area contributed by atoms with E-state index in [0.717, 1.165) is 18.4 Å². The van der Waals surface area contributed by atoms with Crippen LogP contribution in [-0.4, -0.2) is 25.1 Å². The summed E-state index contributed by atoms with van der Waals surface area (Å²) in [5.74, 6) is -0.0361. The van der Waals surface area contributed by atoms with E-state index in [2.05, 4.69) is 30.7 Å². The minimum Gasteiger partial charge on any atom is -0.454 e. The molecule has 0 aliphatic rings. The molecule has 31 heavy (non-hydrogen) atoms. The molecule has 8 heteroatoms. The molecule has 3 aromatic rings. The van der Waals surface area contributed by atoms with Crippen LogP contribution in [0.1, 0.15) is 69.2 Å². The highest BCUT2D eigenvalue weighted by Gasteiger charge is 2.19. The molecule has 0 fully saturated rings. The first-order chi connectivity index (χ1) is 14.7. The highest BCUT2D eigenvalue weighted by atomic mass is 16.5. The lowest BCUT2D eigenvalue weighted by Gasteiger charge is -2.18. The molecule has 0 aliphatic carbocycles. The van der Waals surface area contributed by atoms with Crippen LogP contribution in [0.15, 0.2) is 33.9 Å². The topological polar surface area (TPSA) is 99.0 Å². The lowest BCUT2D eigenvalue weighted by molar-refractivity contribution is 0.0458. The normalized spacial score (nSPS) is 11.8. The molecule has 8 nitrogen and oxygen atoms in total. The van der Waals surface area contributed by atoms with E-state index < -0.39 is 17.2 Å². The van der Waals surface area contributed by atoms with Crippen molar-refractivity contribution in [3.05, 3.63) is 62.1 Å². The summed E-state index contributed by atoms with van der Waals surface area (Å²) in [5, 5.41) is 0. The largest absolute Gasteiger partial charge is 0.454 e. The number of nitrogens with zero attached hydrogens (tertiary/aromatic N) is 3. The van der Waals surface area contributed by atoms with Gasteiger partial charge >= 0.3 is 11.7 Å². The number of rotatable bonds is 7. The third-order valence-corrected chi connectivity index (χ3v) is 5.34. The number of hydrogen-bond donors (Lipinski definition) is 1. The maximum absolute atomic E-state index is 12.5. The van der Waals surface area contributed by atoms with Crippen molar-refractivity contribution in [3.63, 3.8) is 0 Å². The molecule has 0 unspecified atom stereocenters. The average molecular weight is 427 g/mol. The van der Waals surface area contributed by atoms with E-state index in [0.29, 0.717) is 35.6 Å². The summed E-state index contributed by atoms with van der Waals surface area (Å²) in [5.41, 5.74) is 1.25. The van der Waals surface area contributed by atoms with Crippen molar-refractivity contribution < 1.29 is 9.53 Å². The molecule has 2 heterocycles. The summed E-state index contributed by atoms with van der Waals surface area (Å²) in [6, 6.07) is 7.34. The predicted molar refractivity (Wildman–Crippen MR) is 119 cm³/mol. The van der Waals surface area contributed by atoms with Crippen LogP contribution in [0.2, 0.25) is 0 Å². The Morgan fingerprint density at radius 3 is 2.35 bits per heavy atom.